The summed E-state index contributed by atoms with van der Waals surface area (Å²) in [5, 5.41) is 2.94. The number of benzene rings is 2. The fraction of sp³-hybridized carbons (Fsp3) is 0.188. The second kappa shape index (κ2) is 7.71. The fourth-order valence-electron chi connectivity index (χ4n) is 2.11. The monoisotopic (exact) mass is 386 g/mol. The molecule has 0 atom stereocenters. The van der Waals surface area contributed by atoms with Crippen molar-refractivity contribution in [3.8, 4) is 5.75 Å². The van der Waals surface area contributed by atoms with Crippen molar-refractivity contribution in [3.63, 3.8) is 0 Å². The van der Waals surface area contributed by atoms with E-state index in [-0.39, 0.29) is 5.69 Å². The third-order valence-corrected chi connectivity index (χ3v) is 4.61. The molecule has 25 heavy (non-hydrogen) atoms. The molecule has 0 saturated carbocycles. The van der Waals surface area contributed by atoms with E-state index >= 15 is 0 Å². The molecule has 134 valence electrons. The van der Waals surface area contributed by atoms with E-state index in [0.29, 0.717) is 16.5 Å². The van der Waals surface area contributed by atoms with Crippen LogP contribution >= 0.6 is 11.6 Å². The van der Waals surface area contributed by atoms with Crippen LogP contribution in [0.2, 0.25) is 5.02 Å². The van der Waals surface area contributed by atoms with Crippen LogP contribution in [0.5, 0.6) is 5.75 Å². The Balaban J connectivity index is 2.23. The largest absolute Gasteiger partial charge is 0.495 e. The summed E-state index contributed by atoms with van der Waals surface area (Å²) in [5.74, 6) is -0.730. The summed E-state index contributed by atoms with van der Waals surface area (Å²) < 4.78 is 43.0. The minimum Gasteiger partial charge on any atom is -0.495 e. The maximum absolute atomic E-state index is 13.0. The number of hydrogen-bond donors (Lipinski definition) is 1. The van der Waals surface area contributed by atoms with Crippen molar-refractivity contribution < 1.29 is 22.3 Å². The number of sulfonamides is 1. The molecule has 1 N–H and O–H groups in total. The lowest BCUT2D eigenvalue weighted by atomic mass is 10.3. The molecule has 0 spiro atoms. The Bertz CT molecular complexity index is 872. The third kappa shape index (κ3) is 5.07. The number of amides is 1. The Morgan fingerprint density at radius 2 is 1.88 bits per heavy atom. The first-order valence-corrected chi connectivity index (χ1v) is 9.30. The first kappa shape index (κ1) is 19.0. The number of nitrogens with one attached hydrogen (secondary N) is 1. The highest BCUT2D eigenvalue weighted by Crippen LogP contribution is 2.28. The van der Waals surface area contributed by atoms with Crippen LogP contribution in [0, 0.1) is 5.82 Å². The second-order valence-corrected chi connectivity index (χ2v) is 7.48. The average Bonchev–Trinajstić information content (AvgIpc) is 2.53. The van der Waals surface area contributed by atoms with Gasteiger partial charge in [0, 0.05) is 5.02 Å². The van der Waals surface area contributed by atoms with Crippen LogP contribution in [-0.4, -0.2) is 34.2 Å². The molecule has 2 aromatic rings. The van der Waals surface area contributed by atoms with E-state index in [1.54, 1.807) is 12.1 Å². The summed E-state index contributed by atoms with van der Waals surface area (Å²) in [6, 6.07) is 9.45. The van der Waals surface area contributed by atoms with Crippen LogP contribution in [-0.2, 0) is 14.8 Å². The number of methoxy groups -OCH3 is 1. The average molecular weight is 387 g/mol. The Kier molecular flexibility index (Phi) is 5.86. The molecule has 0 aliphatic rings. The molecule has 2 aromatic carbocycles. The lowest BCUT2D eigenvalue weighted by molar-refractivity contribution is -0.114. The van der Waals surface area contributed by atoms with Crippen LogP contribution in [0.25, 0.3) is 0 Å². The Labute approximate surface area is 150 Å². The van der Waals surface area contributed by atoms with E-state index in [0.717, 1.165) is 22.7 Å². The normalized spacial score (nSPS) is 11.0. The number of nitrogens with zero attached hydrogens (tertiary/aromatic N) is 1. The summed E-state index contributed by atoms with van der Waals surface area (Å²) in [6.45, 7) is -0.486. The molecule has 2 rings (SSSR count). The van der Waals surface area contributed by atoms with Gasteiger partial charge in [-0.15, -0.1) is 0 Å². The van der Waals surface area contributed by atoms with Crippen molar-refractivity contribution in [3.05, 3.63) is 53.3 Å². The van der Waals surface area contributed by atoms with Gasteiger partial charge in [-0.2, -0.15) is 0 Å². The van der Waals surface area contributed by atoms with E-state index in [4.69, 9.17) is 16.3 Å². The van der Waals surface area contributed by atoms with Crippen molar-refractivity contribution in [2.24, 2.45) is 0 Å². The first-order chi connectivity index (χ1) is 11.7. The highest BCUT2D eigenvalue weighted by atomic mass is 35.5. The van der Waals surface area contributed by atoms with Gasteiger partial charge in [0.15, 0.2) is 0 Å². The number of halogens is 2. The smallest absolute Gasteiger partial charge is 0.245 e. The minimum atomic E-state index is -3.75. The van der Waals surface area contributed by atoms with Crippen LogP contribution in [0.15, 0.2) is 42.5 Å². The topological polar surface area (TPSA) is 75.7 Å². The minimum absolute atomic E-state index is 0.178. The molecule has 0 bridgehead atoms. The van der Waals surface area contributed by atoms with Crippen molar-refractivity contribution in [2.45, 2.75) is 0 Å². The Morgan fingerprint density at radius 3 is 2.44 bits per heavy atom. The van der Waals surface area contributed by atoms with Gasteiger partial charge in [-0.3, -0.25) is 9.10 Å². The number of rotatable bonds is 6. The van der Waals surface area contributed by atoms with Crippen molar-refractivity contribution in [2.75, 3.05) is 29.5 Å². The predicted molar refractivity (Wildman–Crippen MR) is 95.2 cm³/mol. The third-order valence-electron chi connectivity index (χ3n) is 3.24. The fourth-order valence-corrected chi connectivity index (χ4v) is 3.13. The van der Waals surface area contributed by atoms with Gasteiger partial charge >= 0.3 is 0 Å². The zero-order chi connectivity index (χ0) is 18.6. The van der Waals surface area contributed by atoms with Gasteiger partial charge in [0.25, 0.3) is 0 Å². The maximum Gasteiger partial charge on any atom is 0.245 e. The quantitative estimate of drug-likeness (QED) is 0.828. The SMILES string of the molecule is COc1ccc(Cl)cc1NC(=O)CN(c1ccc(F)cc1)S(C)(=O)=O. The van der Waals surface area contributed by atoms with Crippen LogP contribution in [0.3, 0.4) is 0 Å². The molecule has 0 aliphatic carbocycles. The molecule has 0 fully saturated rings. The molecule has 0 aliphatic heterocycles. The van der Waals surface area contributed by atoms with Gasteiger partial charge in [0.1, 0.15) is 18.1 Å². The lowest BCUT2D eigenvalue weighted by Gasteiger charge is -2.22. The Hall–Kier alpha value is -2.32. The molecule has 0 aromatic heterocycles. The van der Waals surface area contributed by atoms with Crippen molar-refractivity contribution in [1.82, 2.24) is 0 Å². The summed E-state index contributed by atoms with van der Waals surface area (Å²) in [6.07, 6.45) is 0.962. The second-order valence-electron chi connectivity index (χ2n) is 5.14. The summed E-state index contributed by atoms with van der Waals surface area (Å²) in [5.41, 5.74) is 0.490. The maximum atomic E-state index is 13.0. The molecular formula is C16H16ClFN2O4S. The number of hydrogen-bond acceptors (Lipinski definition) is 4. The van der Waals surface area contributed by atoms with Gasteiger partial charge in [-0.25, -0.2) is 12.8 Å². The number of carbonyl (C=O) groups is 1. The Morgan fingerprint density at radius 1 is 1.24 bits per heavy atom. The van der Waals surface area contributed by atoms with Crippen molar-refractivity contribution >= 4 is 38.9 Å². The number of carbonyl (C=O) groups excluding carboxylic acids is 1. The summed E-state index contributed by atoms with van der Waals surface area (Å²) in [7, 11) is -2.32. The standard InChI is InChI=1S/C16H16ClFN2O4S/c1-24-15-8-3-11(17)9-14(15)19-16(21)10-20(25(2,22)23)13-6-4-12(18)5-7-13/h3-9H,10H2,1-2H3,(H,19,21). The lowest BCUT2D eigenvalue weighted by Crippen LogP contribution is -2.37. The van der Waals surface area contributed by atoms with Gasteiger partial charge in [0.05, 0.1) is 24.7 Å². The van der Waals surface area contributed by atoms with E-state index in [1.807, 2.05) is 0 Å². The highest BCUT2D eigenvalue weighted by molar-refractivity contribution is 7.92. The molecule has 9 heteroatoms. The van der Waals surface area contributed by atoms with E-state index in [2.05, 4.69) is 5.32 Å². The van der Waals surface area contributed by atoms with E-state index in [1.165, 1.54) is 25.3 Å². The first-order valence-electron chi connectivity index (χ1n) is 7.07. The van der Waals surface area contributed by atoms with Gasteiger partial charge < -0.3 is 10.1 Å². The molecule has 0 heterocycles. The van der Waals surface area contributed by atoms with Gasteiger partial charge in [-0.1, -0.05) is 11.6 Å². The van der Waals surface area contributed by atoms with Crippen molar-refractivity contribution in [1.29, 1.82) is 0 Å². The molecule has 1 amide bonds. The molecule has 0 radical (unpaired) electrons. The van der Waals surface area contributed by atoms with E-state index < -0.39 is 28.3 Å². The van der Waals surface area contributed by atoms with E-state index in [9.17, 15) is 17.6 Å². The van der Waals surface area contributed by atoms with Crippen LogP contribution in [0.1, 0.15) is 0 Å². The molecule has 6 nitrogen and oxygen atoms in total. The molecule has 0 saturated heterocycles. The molecular weight excluding hydrogens is 371 g/mol. The number of anilines is 2. The zero-order valence-electron chi connectivity index (χ0n) is 13.5. The summed E-state index contributed by atoms with van der Waals surface area (Å²) >= 11 is 5.90. The van der Waals surface area contributed by atoms with Gasteiger partial charge in [-0.05, 0) is 42.5 Å². The van der Waals surface area contributed by atoms with Crippen LogP contribution in [0.4, 0.5) is 15.8 Å². The van der Waals surface area contributed by atoms with Crippen LogP contribution < -0.4 is 14.4 Å². The zero-order valence-corrected chi connectivity index (χ0v) is 15.1. The number of ether oxygens (including phenoxy) is 1. The highest BCUT2D eigenvalue weighted by Gasteiger charge is 2.21. The summed E-state index contributed by atoms with van der Waals surface area (Å²) in [4.78, 5) is 12.3. The predicted octanol–water partition coefficient (Wildman–Crippen LogP) is 2.89. The molecule has 0 unspecified atom stereocenters. The van der Waals surface area contributed by atoms with Gasteiger partial charge in [0.2, 0.25) is 15.9 Å².